The van der Waals surface area contributed by atoms with E-state index in [1.54, 1.807) is 0 Å². The molecule has 0 heterocycles. The van der Waals surface area contributed by atoms with Gasteiger partial charge in [0.2, 0.25) is 0 Å². The molecule has 128 valence electrons. The lowest BCUT2D eigenvalue weighted by Gasteiger charge is -2.14. The van der Waals surface area contributed by atoms with Gasteiger partial charge in [0.1, 0.15) is 5.82 Å². The summed E-state index contributed by atoms with van der Waals surface area (Å²) in [5.74, 6) is -0.355. The van der Waals surface area contributed by atoms with E-state index in [9.17, 15) is 14.3 Å². The molecule has 1 saturated carbocycles. The first-order valence-corrected chi connectivity index (χ1v) is 8.22. The van der Waals surface area contributed by atoms with E-state index in [1.165, 1.54) is 37.1 Å². The molecule has 6 heteroatoms. The summed E-state index contributed by atoms with van der Waals surface area (Å²) in [5.41, 5.74) is 0.566. The molecule has 5 nitrogen and oxygen atoms in total. The first-order chi connectivity index (χ1) is 11.1. The summed E-state index contributed by atoms with van der Waals surface area (Å²) in [6.07, 6.45) is 5.11. The van der Waals surface area contributed by atoms with Gasteiger partial charge in [0, 0.05) is 19.7 Å². The minimum atomic E-state index is -0.855. The van der Waals surface area contributed by atoms with Crippen LogP contribution in [0.2, 0.25) is 0 Å². The molecule has 1 unspecified atom stereocenters. The lowest BCUT2D eigenvalue weighted by atomic mass is 10.1. The topological polar surface area (TPSA) is 70.6 Å². The van der Waals surface area contributed by atoms with Crippen molar-refractivity contribution in [3.63, 3.8) is 0 Å². The second-order valence-corrected chi connectivity index (χ2v) is 5.83. The van der Waals surface area contributed by atoms with Gasteiger partial charge in [0.05, 0.1) is 12.2 Å². The van der Waals surface area contributed by atoms with Gasteiger partial charge >= 0.3 is 6.03 Å². The molecule has 2 amide bonds. The Kier molecular flexibility index (Phi) is 7.29. The van der Waals surface area contributed by atoms with Crippen LogP contribution >= 0.6 is 0 Å². The maximum atomic E-state index is 12.8. The van der Waals surface area contributed by atoms with E-state index in [-0.39, 0.29) is 18.4 Å². The number of urea groups is 1. The van der Waals surface area contributed by atoms with Crippen molar-refractivity contribution in [2.45, 2.75) is 44.3 Å². The highest BCUT2D eigenvalue weighted by Crippen LogP contribution is 2.20. The molecule has 0 aliphatic heterocycles. The molecule has 0 radical (unpaired) electrons. The molecule has 1 aromatic rings. The summed E-state index contributed by atoms with van der Waals surface area (Å²) in [7, 11) is 0. The highest BCUT2D eigenvalue weighted by atomic mass is 19.1. The number of carbonyl (C=O) groups excluding carboxylic acids is 1. The van der Waals surface area contributed by atoms with E-state index >= 15 is 0 Å². The molecule has 1 aliphatic carbocycles. The Bertz CT molecular complexity index is 475. The van der Waals surface area contributed by atoms with Crippen molar-refractivity contribution >= 4 is 6.03 Å². The van der Waals surface area contributed by atoms with Crippen LogP contribution in [0.3, 0.4) is 0 Å². The molecule has 1 aliphatic rings. The fourth-order valence-corrected chi connectivity index (χ4v) is 2.63. The van der Waals surface area contributed by atoms with Crippen LogP contribution in [0.5, 0.6) is 0 Å². The summed E-state index contributed by atoms with van der Waals surface area (Å²) in [6, 6.07) is 5.23. The van der Waals surface area contributed by atoms with Gasteiger partial charge in [-0.15, -0.1) is 0 Å². The van der Waals surface area contributed by atoms with Gasteiger partial charge in [-0.25, -0.2) is 9.18 Å². The minimum Gasteiger partial charge on any atom is -0.387 e. The van der Waals surface area contributed by atoms with Crippen molar-refractivity contribution in [3.05, 3.63) is 35.6 Å². The molecule has 0 saturated heterocycles. The summed E-state index contributed by atoms with van der Waals surface area (Å²) in [4.78, 5) is 11.6. The normalized spacial score (nSPS) is 16.3. The number of aliphatic hydroxyl groups is 1. The van der Waals surface area contributed by atoms with Gasteiger partial charge in [-0.2, -0.15) is 0 Å². The predicted molar refractivity (Wildman–Crippen MR) is 85.6 cm³/mol. The lowest BCUT2D eigenvalue weighted by Crippen LogP contribution is -2.38. The smallest absolute Gasteiger partial charge is 0.314 e. The Hall–Kier alpha value is -1.66. The third-order valence-electron chi connectivity index (χ3n) is 3.97. The molecule has 0 spiro atoms. The zero-order chi connectivity index (χ0) is 16.5. The SMILES string of the molecule is O=C(NCCCOC1CCCC1)NCC(O)c1ccc(F)cc1. The largest absolute Gasteiger partial charge is 0.387 e. The third-order valence-corrected chi connectivity index (χ3v) is 3.97. The fraction of sp³-hybridized carbons (Fsp3) is 0.588. The molecule has 1 fully saturated rings. The van der Waals surface area contributed by atoms with E-state index in [0.717, 1.165) is 19.3 Å². The molecular formula is C17H25FN2O3. The van der Waals surface area contributed by atoms with Crippen LogP contribution in [-0.4, -0.2) is 36.9 Å². The van der Waals surface area contributed by atoms with Crippen LogP contribution in [-0.2, 0) is 4.74 Å². The number of ether oxygens (including phenoxy) is 1. The van der Waals surface area contributed by atoms with Crippen LogP contribution in [0.25, 0.3) is 0 Å². The maximum Gasteiger partial charge on any atom is 0.314 e. The highest BCUT2D eigenvalue weighted by molar-refractivity contribution is 5.73. The van der Waals surface area contributed by atoms with E-state index < -0.39 is 6.10 Å². The van der Waals surface area contributed by atoms with E-state index in [0.29, 0.717) is 24.8 Å². The minimum absolute atomic E-state index is 0.0794. The number of rotatable bonds is 8. The summed E-state index contributed by atoms with van der Waals surface area (Å²) in [5, 5.41) is 15.2. The van der Waals surface area contributed by atoms with Gasteiger partial charge in [-0.05, 0) is 37.0 Å². The van der Waals surface area contributed by atoms with Crippen LogP contribution in [0, 0.1) is 5.82 Å². The standard InChI is InChI=1S/C17H25FN2O3/c18-14-8-6-13(7-9-14)16(21)12-20-17(22)19-10-3-11-23-15-4-1-2-5-15/h6-9,15-16,21H,1-5,10-12H2,(H2,19,20,22). The van der Waals surface area contributed by atoms with Crippen LogP contribution in [0.4, 0.5) is 9.18 Å². The summed E-state index contributed by atoms with van der Waals surface area (Å²) < 4.78 is 18.5. The molecule has 3 N–H and O–H groups in total. The van der Waals surface area contributed by atoms with Crippen molar-refractivity contribution in [2.24, 2.45) is 0 Å². The lowest BCUT2D eigenvalue weighted by molar-refractivity contribution is 0.0571. The van der Waals surface area contributed by atoms with Crippen LogP contribution in [0.1, 0.15) is 43.8 Å². The van der Waals surface area contributed by atoms with Gasteiger partial charge in [0.15, 0.2) is 0 Å². The number of benzene rings is 1. The van der Waals surface area contributed by atoms with Crippen molar-refractivity contribution in [2.75, 3.05) is 19.7 Å². The highest BCUT2D eigenvalue weighted by Gasteiger charge is 2.14. The van der Waals surface area contributed by atoms with Crippen molar-refractivity contribution in [3.8, 4) is 0 Å². The molecule has 0 bridgehead atoms. The first-order valence-electron chi connectivity index (χ1n) is 8.22. The first kappa shape index (κ1) is 17.7. The molecule has 1 aromatic carbocycles. The zero-order valence-corrected chi connectivity index (χ0v) is 13.3. The fourth-order valence-electron chi connectivity index (χ4n) is 2.63. The molecule has 0 aromatic heterocycles. The number of carbonyl (C=O) groups is 1. The Balaban J connectivity index is 1.53. The summed E-state index contributed by atoms with van der Waals surface area (Å²) in [6.45, 7) is 1.27. The van der Waals surface area contributed by atoms with Gasteiger partial charge in [0.25, 0.3) is 0 Å². The Morgan fingerprint density at radius 2 is 1.96 bits per heavy atom. The average Bonchev–Trinajstić information content (AvgIpc) is 3.06. The molecular weight excluding hydrogens is 299 g/mol. The number of nitrogens with one attached hydrogen (secondary N) is 2. The monoisotopic (exact) mass is 324 g/mol. The van der Waals surface area contributed by atoms with E-state index in [2.05, 4.69) is 10.6 Å². The second kappa shape index (κ2) is 9.47. The Morgan fingerprint density at radius 1 is 1.26 bits per heavy atom. The molecule has 2 rings (SSSR count). The third kappa shape index (κ3) is 6.54. The number of hydrogen-bond acceptors (Lipinski definition) is 3. The van der Waals surface area contributed by atoms with Gasteiger partial charge in [-0.1, -0.05) is 25.0 Å². The van der Waals surface area contributed by atoms with Crippen LogP contribution in [0.15, 0.2) is 24.3 Å². The van der Waals surface area contributed by atoms with E-state index in [1.807, 2.05) is 0 Å². The van der Waals surface area contributed by atoms with Gasteiger partial charge < -0.3 is 20.5 Å². The molecule has 23 heavy (non-hydrogen) atoms. The summed E-state index contributed by atoms with van der Waals surface area (Å²) >= 11 is 0. The van der Waals surface area contributed by atoms with Crippen molar-refractivity contribution < 1.29 is 19.0 Å². The maximum absolute atomic E-state index is 12.8. The predicted octanol–water partition coefficient (Wildman–Crippen LogP) is 2.51. The number of aliphatic hydroxyl groups excluding tert-OH is 1. The van der Waals surface area contributed by atoms with Crippen LogP contribution < -0.4 is 10.6 Å². The van der Waals surface area contributed by atoms with Gasteiger partial charge in [-0.3, -0.25) is 0 Å². The van der Waals surface area contributed by atoms with Crippen molar-refractivity contribution in [1.29, 1.82) is 0 Å². The number of hydrogen-bond donors (Lipinski definition) is 3. The Morgan fingerprint density at radius 3 is 2.65 bits per heavy atom. The zero-order valence-electron chi connectivity index (χ0n) is 13.3. The number of halogens is 1. The molecule has 1 atom stereocenters. The Labute approximate surface area is 136 Å². The average molecular weight is 324 g/mol. The van der Waals surface area contributed by atoms with Crippen molar-refractivity contribution in [1.82, 2.24) is 10.6 Å². The quantitative estimate of drug-likeness (QED) is 0.644. The van der Waals surface area contributed by atoms with E-state index in [4.69, 9.17) is 4.74 Å². The number of amides is 2. The second-order valence-electron chi connectivity index (χ2n) is 5.83.